The third-order valence-corrected chi connectivity index (χ3v) is 6.27. The summed E-state index contributed by atoms with van der Waals surface area (Å²) < 4.78 is 29.0. The number of benzene rings is 3. The van der Waals surface area contributed by atoms with Crippen LogP contribution in [0.15, 0.2) is 77.7 Å². The van der Waals surface area contributed by atoms with Gasteiger partial charge in [-0.15, -0.1) is 0 Å². The second-order valence-corrected chi connectivity index (χ2v) is 8.38. The van der Waals surface area contributed by atoms with E-state index in [0.717, 1.165) is 37.1 Å². The lowest BCUT2D eigenvalue weighted by Gasteiger charge is -2.14. The lowest BCUT2D eigenvalue weighted by atomic mass is 10.0. The number of nitrogens with one attached hydrogen (secondary N) is 2. The Morgan fingerprint density at radius 1 is 0.852 bits per heavy atom. The van der Waals surface area contributed by atoms with Gasteiger partial charge in [-0.2, -0.15) is 0 Å². The Bertz CT molecular complexity index is 1050. The third kappa shape index (κ3) is 3.89. The molecule has 27 heavy (non-hydrogen) atoms. The monoisotopic (exact) mass is 378 g/mol. The van der Waals surface area contributed by atoms with Crippen LogP contribution in [0.4, 0.5) is 5.69 Å². The van der Waals surface area contributed by atoms with E-state index in [9.17, 15) is 8.42 Å². The van der Waals surface area contributed by atoms with Crippen LogP contribution in [0.25, 0.3) is 11.1 Å². The van der Waals surface area contributed by atoms with Crippen molar-refractivity contribution in [2.75, 3.05) is 11.3 Å². The van der Waals surface area contributed by atoms with Crippen LogP contribution < -0.4 is 10.0 Å². The van der Waals surface area contributed by atoms with Crippen LogP contribution in [0.3, 0.4) is 0 Å². The summed E-state index contributed by atoms with van der Waals surface area (Å²) >= 11 is 0. The minimum absolute atomic E-state index is 0.282. The Kier molecular flexibility index (Phi) is 4.97. The van der Waals surface area contributed by atoms with E-state index in [1.165, 1.54) is 5.56 Å². The summed E-state index contributed by atoms with van der Waals surface area (Å²) in [5.41, 5.74) is 4.61. The van der Waals surface area contributed by atoms with E-state index < -0.39 is 10.0 Å². The van der Waals surface area contributed by atoms with Gasteiger partial charge in [0.25, 0.3) is 10.0 Å². The molecule has 1 aliphatic heterocycles. The summed E-state index contributed by atoms with van der Waals surface area (Å²) in [6.07, 6.45) is 2.12. The molecule has 3 aromatic rings. The SMILES string of the molecule is O=S(=O)(Nc1ccc2c(c1)CNCCC2)c1ccccc1-c1ccccc1. The van der Waals surface area contributed by atoms with Gasteiger partial charge in [-0.25, -0.2) is 8.42 Å². The molecule has 0 amide bonds. The van der Waals surface area contributed by atoms with Crippen molar-refractivity contribution in [3.63, 3.8) is 0 Å². The van der Waals surface area contributed by atoms with Crippen molar-refractivity contribution < 1.29 is 8.42 Å². The van der Waals surface area contributed by atoms with Crippen LogP contribution in [0.1, 0.15) is 17.5 Å². The first-order valence-corrected chi connectivity index (χ1v) is 10.6. The van der Waals surface area contributed by atoms with Gasteiger partial charge in [0.15, 0.2) is 0 Å². The Labute approximate surface area is 160 Å². The summed E-state index contributed by atoms with van der Waals surface area (Å²) in [6.45, 7) is 1.76. The van der Waals surface area contributed by atoms with Crippen molar-refractivity contribution >= 4 is 15.7 Å². The van der Waals surface area contributed by atoms with E-state index in [-0.39, 0.29) is 4.90 Å². The number of aryl methyl sites for hydroxylation is 1. The molecule has 4 rings (SSSR count). The molecule has 3 aromatic carbocycles. The number of rotatable bonds is 4. The molecule has 0 saturated carbocycles. The molecule has 0 saturated heterocycles. The zero-order valence-electron chi connectivity index (χ0n) is 15.0. The minimum atomic E-state index is -3.70. The van der Waals surface area contributed by atoms with Crippen molar-refractivity contribution in [1.29, 1.82) is 0 Å². The maximum atomic E-state index is 13.1. The van der Waals surface area contributed by atoms with E-state index in [2.05, 4.69) is 10.0 Å². The van der Waals surface area contributed by atoms with E-state index in [1.54, 1.807) is 12.1 Å². The first-order chi connectivity index (χ1) is 13.1. The average molecular weight is 378 g/mol. The summed E-state index contributed by atoms with van der Waals surface area (Å²) in [4.78, 5) is 0.282. The Hall–Kier alpha value is -2.63. The topological polar surface area (TPSA) is 58.2 Å². The standard InChI is InChI=1S/C22H22N2O2S/c25-27(26,22-11-5-4-10-21(22)18-7-2-1-3-8-18)24-20-13-12-17-9-6-14-23-16-19(17)15-20/h1-5,7-8,10-13,15,23-24H,6,9,14,16H2. The maximum absolute atomic E-state index is 13.1. The number of hydrogen-bond donors (Lipinski definition) is 2. The highest BCUT2D eigenvalue weighted by molar-refractivity contribution is 7.92. The molecular weight excluding hydrogens is 356 g/mol. The van der Waals surface area contributed by atoms with Gasteiger partial charge in [0.1, 0.15) is 0 Å². The normalized spacial score (nSPS) is 14.2. The maximum Gasteiger partial charge on any atom is 0.262 e. The lowest BCUT2D eigenvalue weighted by Crippen LogP contribution is -2.15. The fourth-order valence-corrected chi connectivity index (χ4v) is 4.77. The first-order valence-electron chi connectivity index (χ1n) is 9.13. The molecule has 0 unspecified atom stereocenters. The van der Waals surface area contributed by atoms with Gasteiger partial charge in [0.05, 0.1) is 4.90 Å². The molecule has 1 aliphatic rings. The molecule has 4 nitrogen and oxygen atoms in total. The highest BCUT2D eigenvalue weighted by Crippen LogP contribution is 2.29. The van der Waals surface area contributed by atoms with Gasteiger partial charge in [0, 0.05) is 17.8 Å². The fraction of sp³-hybridized carbons (Fsp3) is 0.182. The zero-order chi connectivity index (χ0) is 18.7. The number of anilines is 1. The second kappa shape index (κ2) is 7.55. The fourth-order valence-electron chi connectivity index (χ4n) is 3.49. The molecule has 0 bridgehead atoms. The quantitative estimate of drug-likeness (QED) is 0.716. The number of sulfonamides is 1. The van der Waals surface area contributed by atoms with Crippen LogP contribution in [0.5, 0.6) is 0 Å². The largest absolute Gasteiger partial charge is 0.313 e. The van der Waals surface area contributed by atoms with E-state index in [0.29, 0.717) is 11.3 Å². The van der Waals surface area contributed by atoms with Gasteiger partial charge in [-0.1, -0.05) is 54.6 Å². The molecular formula is C22H22N2O2S. The van der Waals surface area contributed by atoms with Crippen molar-refractivity contribution in [1.82, 2.24) is 5.32 Å². The van der Waals surface area contributed by atoms with Gasteiger partial charge in [-0.05, 0) is 54.3 Å². The van der Waals surface area contributed by atoms with Crippen LogP contribution >= 0.6 is 0 Å². The van der Waals surface area contributed by atoms with Gasteiger partial charge in [-0.3, -0.25) is 4.72 Å². The van der Waals surface area contributed by atoms with E-state index in [4.69, 9.17) is 0 Å². The molecule has 0 fully saturated rings. The molecule has 138 valence electrons. The molecule has 2 N–H and O–H groups in total. The van der Waals surface area contributed by atoms with Crippen molar-refractivity contribution in [2.24, 2.45) is 0 Å². The summed E-state index contributed by atoms with van der Waals surface area (Å²) in [5, 5.41) is 3.38. The Morgan fingerprint density at radius 3 is 2.48 bits per heavy atom. The van der Waals surface area contributed by atoms with E-state index in [1.807, 2.05) is 60.7 Å². The Balaban J connectivity index is 1.68. The molecule has 1 heterocycles. The number of hydrogen-bond acceptors (Lipinski definition) is 3. The highest BCUT2D eigenvalue weighted by Gasteiger charge is 2.20. The predicted octanol–water partition coefficient (Wildman–Crippen LogP) is 4.19. The minimum Gasteiger partial charge on any atom is -0.313 e. The average Bonchev–Trinajstić information content (AvgIpc) is 2.93. The van der Waals surface area contributed by atoms with E-state index >= 15 is 0 Å². The molecule has 0 aromatic heterocycles. The predicted molar refractivity (Wildman–Crippen MR) is 109 cm³/mol. The van der Waals surface area contributed by atoms with Gasteiger partial charge >= 0.3 is 0 Å². The summed E-state index contributed by atoms with van der Waals surface area (Å²) in [6, 6.07) is 22.5. The van der Waals surface area contributed by atoms with Crippen molar-refractivity contribution in [2.45, 2.75) is 24.3 Å². The van der Waals surface area contributed by atoms with Gasteiger partial charge in [0.2, 0.25) is 0 Å². The lowest BCUT2D eigenvalue weighted by molar-refractivity contribution is 0.601. The van der Waals surface area contributed by atoms with Gasteiger partial charge < -0.3 is 5.32 Å². The van der Waals surface area contributed by atoms with Crippen LogP contribution in [-0.2, 0) is 23.0 Å². The van der Waals surface area contributed by atoms with Crippen molar-refractivity contribution in [3.8, 4) is 11.1 Å². The summed E-state index contributed by atoms with van der Waals surface area (Å²) in [5.74, 6) is 0. The first kappa shape index (κ1) is 17.8. The van der Waals surface area contributed by atoms with Crippen molar-refractivity contribution in [3.05, 3.63) is 83.9 Å². The molecule has 0 radical (unpaired) electrons. The molecule has 5 heteroatoms. The molecule has 0 atom stereocenters. The van der Waals surface area contributed by atoms with Crippen LogP contribution in [0, 0.1) is 0 Å². The highest BCUT2D eigenvalue weighted by atomic mass is 32.2. The smallest absolute Gasteiger partial charge is 0.262 e. The third-order valence-electron chi connectivity index (χ3n) is 4.83. The second-order valence-electron chi connectivity index (χ2n) is 6.73. The van der Waals surface area contributed by atoms with Crippen LogP contribution in [0.2, 0.25) is 0 Å². The molecule has 0 spiro atoms. The summed E-state index contributed by atoms with van der Waals surface area (Å²) in [7, 11) is -3.70. The molecule has 0 aliphatic carbocycles. The Morgan fingerprint density at radius 2 is 1.63 bits per heavy atom. The van der Waals surface area contributed by atoms with Crippen LogP contribution in [-0.4, -0.2) is 15.0 Å². The number of fused-ring (bicyclic) bond motifs is 1. The zero-order valence-corrected chi connectivity index (χ0v) is 15.8.